The second kappa shape index (κ2) is 5.17. The van der Waals surface area contributed by atoms with Gasteiger partial charge in [-0.2, -0.15) is 5.26 Å². The summed E-state index contributed by atoms with van der Waals surface area (Å²) in [6.45, 7) is 1.92. The number of rotatable bonds is 3. The van der Waals surface area contributed by atoms with Crippen LogP contribution in [0.25, 0.3) is 0 Å². The van der Waals surface area contributed by atoms with E-state index < -0.39 is 0 Å². The molecule has 0 aliphatic rings. The molecule has 0 heterocycles. The van der Waals surface area contributed by atoms with Crippen LogP contribution in [0.2, 0.25) is 0 Å². The third-order valence-corrected chi connectivity index (χ3v) is 3.11. The van der Waals surface area contributed by atoms with E-state index in [0.717, 1.165) is 5.69 Å². The van der Waals surface area contributed by atoms with Gasteiger partial charge in [0, 0.05) is 19.2 Å². The average Bonchev–Trinajstić information content (AvgIpc) is 2.23. The van der Waals surface area contributed by atoms with Gasteiger partial charge in [0.1, 0.15) is 5.82 Å². The van der Waals surface area contributed by atoms with Crippen molar-refractivity contribution < 1.29 is 4.39 Å². The van der Waals surface area contributed by atoms with E-state index in [4.69, 9.17) is 11.0 Å². The molecule has 1 rings (SSSR count). The highest BCUT2D eigenvalue weighted by Crippen LogP contribution is 2.30. The third-order valence-electron chi connectivity index (χ3n) is 2.50. The summed E-state index contributed by atoms with van der Waals surface area (Å²) < 4.78 is 13.5. The monoisotopic (exact) mass is 285 g/mol. The van der Waals surface area contributed by atoms with E-state index in [1.54, 1.807) is 6.07 Å². The fraction of sp³-hybridized carbons (Fsp3) is 0.364. The zero-order chi connectivity index (χ0) is 12.3. The van der Waals surface area contributed by atoms with Crippen molar-refractivity contribution in [2.45, 2.75) is 19.4 Å². The van der Waals surface area contributed by atoms with Gasteiger partial charge < -0.3 is 10.6 Å². The fourth-order valence-electron chi connectivity index (χ4n) is 1.36. The van der Waals surface area contributed by atoms with E-state index >= 15 is 0 Å². The standard InChI is InChI=1S/C11H13BrFN3/c1-7(3-4-14)16(2)11-5-8(12)9(13)6-10(11)15/h5-7H,3,15H2,1-2H3. The first-order valence-corrected chi connectivity index (χ1v) is 5.61. The summed E-state index contributed by atoms with van der Waals surface area (Å²) in [5.74, 6) is -0.386. The molecule has 2 N–H and O–H groups in total. The molecule has 16 heavy (non-hydrogen) atoms. The second-order valence-corrected chi connectivity index (χ2v) is 4.50. The van der Waals surface area contributed by atoms with Crippen LogP contribution >= 0.6 is 15.9 Å². The maximum atomic E-state index is 13.2. The summed E-state index contributed by atoms with van der Waals surface area (Å²) in [4.78, 5) is 1.86. The Labute approximate surface area is 103 Å². The van der Waals surface area contributed by atoms with Crippen LogP contribution in [0.5, 0.6) is 0 Å². The lowest BCUT2D eigenvalue weighted by Crippen LogP contribution is -2.29. The Hall–Kier alpha value is -1.28. The topological polar surface area (TPSA) is 53.0 Å². The van der Waals surface area contributed by atoms with Crippen LogP contribution in [-0.2, 0) is 0 Å². The molecule has 86 valence electrons. The molecule has 0 aromatic heterocycles. The molecule has 1 atom stereocenters. The number of nitrogen functional groups attached to an aromatic ring is 1. The third kappa shape index (κ3) is 2.64. The molecule has 1 aromatic rings. The molecule has 5 heteroatoms. The number of nitriles is 1. The minimum atomic E-state index is -0.386. The molecule has 0 fully saturated rings. The van der Waals surface area contributed by atoms with Crippen LogP contribution in [0, 0.1) is 17.1 Å². The molecule has 3 nitrogen and oxygen atoms in total. The van der Waals surface area contributed by atoms with Crippen LogP contribution < -0.4 is 10.6 Å². The minimum absolute atomic E-state index is 0.0321. The normalized spacial score (nSPS) is 11.9. The van der Waals surface area contributed by atoms with Crippen molar-refractivity contribution in [3.8, 4) is 6.07 Å². The number of nitrogens with zero attached hydrogens (tertiary/aromatic N) is 2. The molecule has 0 aliphatic carbocycles. The molecule has 1 unspecified atom stereocenters. The summed E-state index contributed by atoms with van der Waals surface area (Å²) in [5, 5.41) is 8.62. The van der Waals surface area contributed by atoms with Crippen molar-refractivity contribution in [3.05, 3.63) is 22.4 Å². The van der Waals surface area contributed by atoms with Crippen LogP contribution in [0.4, 0.5) is 15.8 Å². The molecule has 0 saturated carbocycles. The number of hydrogen-bond donors (Lipinski definition) is 1. The average molecular weight is 286 g/mol. The highest BCUT2D eigenvalue weighted by molar-refractivity contribution is 9.10. The largest absolute Gasteiger partial charge is 0.397 e. The highest BCUT2D eigenvalue weighted by atomic mass is 79.9. The van der Waals surface area contributed by atoms with Gasteiger partial charge in [0.05, 0.1) is 28.3 Å². The minimum Gasteiger partial charge on any atom is -0.397 e. The van der Waals surface area contributed by atoms with Gasteiger partial charge in [0.15, 0.2) is 0 Å². The Kier molecular flexibility index (Phi) is 4.13. The quantitative estimate of drug-likeness (QED) is 0.869. The van der Waals surface area contributed by atoms with E-state index in [2.05, 4.69) is 22.0 Å². The Morgan fingerprint density at radius 3 is 2.81 bits per heavy atom. The van der Waals surface area contributed by atoms with E-state index in [0.29, 0.717) is 16.6 Å². The van der Waals surface area contributed by atoms with E-state index in [9.17, 15) is 4.39 Å². The Balaban J connectivity index is 3.04. The van der Waals surface area contributed by atoms with Gasteiger partial charge >= 0.3 is 0 Å². The molecule has 0 saturated heterocycles. The molecule has 0 bridgehead atoms. The van der Waals surface area contributed by atoms with Gasteiger partial charge in [-0.05, 0) is 28.9 Å². The summed E-state index contributed by atoms with van der Waals surface area (Å²) in [6, 6.07) is 5.02. The molecular weight excluding hydrogens is 273 g/mol. The Morgan fingerprint density at radius 1 is 1.62 bits per heavy atom. The van der Waals surface area contributed by atoms with Crippen molar-refractivity contribution in [1.29, 1.82) is 5.26 Å². The second-order valence-electron chi connectivity index (χ2n) is 3.65. The van der Waals surface area contributed by atoms with Gasteiger partial charge in [-0.3, -0.25) is 0 Å². The van der Waals surface area contributed by atoms with Crippen molar-refractivity contribution in [1.82, 2.24) is 0 Å². The lowest BCUT2D eigenvalue weighted by molar-refractivity contribution is 0.620. The SMILES string of the molecule is CC(CC#N)N(C)c1cc(Br)c(F)cc1N. The lowest BCUT2D eigenvalue weighted by Gasteiger charge is -2.26. The van der Waals surface area contributed by atoms with Gasteiger partial charge in [-0.1, -0.05) is 0 Å². The van der Waals surface area contributed by atoms with Gasteiger partial charge in [0.2, 0.25) is 0 Å². The van der Waals surface area contributed by atoms with E-state index in [1.807, 2.05) is 18.9 Å². The van der Waals surface area contributed by atoms with Gasteiger partial charge in [-0.15, -0.1) is 0 Å². The number of benzene rings is 1. The van der Waals surface area contributed by atoms with Crippen LogP contribution in [-0.4, -0.2) is 13.1 Å². The van der Waals surface area contributed by atoms with E-state index in [1.165, 1.54) is 6.07 Å². The van der Waals surface area contributed by atoms with Crippen LogP contribution in [0.15, 0.2) is 16.6 Å². The van der Waals surface area contributed by atoms with Crippen LogP contribution in [0.3, 0.4) is 0 Å². The first-order chi connectivity index (χ1) is 7.47. The Bertz CT molecular complexity index is 428. The molecule has 0 spiro atoms. The molecular formula is C11H13BrFN3. The van der Waals surface area contributed by atoms with Crippen LogP contribution in [0.1, 0.15) is 13.3 Å². The number of halogens is 2. The summed E-state index contributed by atoms with van der Waals surface area (Å²) >= 11 is 3.11. The number of hydrogen-bond acceptors (Lipinski definition) is 3. The smallest absolute Gasteiger partial charge is 0.139 e. The summed E-state index contributed by atoms with van der Waals surface area (Å²) in [5.41, 5.74) is 6.83. The zero-order valence-electron chi connectivity index (χ0n) is 9.17. The highest BCUT2D eigenvalue weighted by Gasteiger charge is 2.14. The molecule has 1 aromatic carbocycles. The maximum Gasteiger partial charge on any atom is 0.139 e. The summed E-state index contributed by atoms with van der Waals surface area (Å²) in [6.07, 6.45) is 0.394. The first kappa shape index (κ1) is 12.8. The van der Waals surface area contributed by atoms with Crippen molar-refractivity contribution in [3.63, 3.8) is 0 Å². The van der Waals surface area contributed by atoms with Gasteiger partial charge in [0.25, 0.3) is 0 Å². The van der Waals surface area contributed by atoms with Crippen molar-refractivity contribution in [2.75, 3.05) is 17.7 Å². The number of anilines is 2. The first-order valence-electron chi connectivity index (χ1n) is 4.81. The lowest BCUT2D eigenvalue weighted by atomic mass is 10.2. The number of nitrogens with two attached hydrogens (primary N) is 1. The zero-order valence-corrected chi connectivity index (χ0v) is 10.8. The van der Waals surface area contributed by atoms with E-state index in [-0.39, 0.29) is 11.9 Å². The van der Waals surface area contributed by atoms with Crippen molar-refractivity contribution in [2.24, 2.45) is 0 Å². The molecule has 0 amide bonds. The maximum absolute atomic E-state index is 13.2. The van der Waals surface area contributed by atoms with Gasteiger partial charge in [-0.25, -0.2) is 4.39 Å². The fourth-order valence-corrected chi connectivity index (χ4v) is 1.69. The molecule has 0 aliphatic heterocycles. The Morgan fingerprint density at radius 2 is 2.25 bits per heavy atom. The molecule has 0 radical (unpaired) electrons. The predicted octanol–water partition coefficient (Wildman–Crippen LogP) is 2.91. The predicted molar refractivity (Wildman–Crippen MR) is 66.6 cm³/mol. The van der Waals surface area contributed by atoms with Crippen molar-refractivity contribution >= 4 is 27.3 Å². The summed E-state index contributed by atoms with van der Waals surface area (Å²) in [7, 11) is 1.83.